The first-order valence-corrected chi connectivity index (χ1v) is 6.27. The van der Waals surface area contributed by atoms with E-state index in [0.717, 1.165) is 17.9 Å². The Morgan fingerprint density at radius 2 is 2.00 bits per heavy atom. The van der Waals surface area contributed by atoms with E-state index in [1.165, 1.54) is 0 Å². The van der Waals surface area contributed by atoms with Crippen molar-refractivity contribution in [2.75, 3.05) is 17.2 Å². The number of benzene rings is 1. The molecule has 0 aliphatic carbocycles. The number of pyridine rings is 1. The van der Waals surface area contributed by atoms with Crippen molar-refractivity contribution in [2.45, 2.75) is 13.8 Å². The first-order valence-electron chi connectivity index (χ1n) is 6.27. The zero-order valence-corrected chi connectivity index (χ0v) is 11.1. The SMILES string of the molecule is CCNc1ccc(NC(=O)c2ccccc2C)cn1. The van der Waals surface area contributed by atoms with Gasteiger partial charge in [0, 0.05) is 12.1 Å². The number of hydrogen-bond acceptors (Lipinski definition) is 3. The van der Waals surface area contributed by atoms with Crippen molar-refractivity contribution < 1.29 is 4.79 Å². The molecule has 0 atom stereocenters. The van der Waals surface area contributed by atoms with Crippen molar-refractivity contribution in [2.24, 2.45) is 0 Å². The van der Waals surface area contributed by atoms with Gasteiger partial charge in [0.15, 0.2) is 0 Å². The Balaban J connectivity index is 2.09. The molecule has 0 unspecified atom stereocenters. The van der Waals surface area contributed by atoms with Crippen molar-refractivity contribution in [3.05, 3.63) is 53.7 Å². The van der Waals surface area contributed by atoms with Crippen molar-refractivity contribution in [1.29, 1.82) is 0 Å². The number of nitrogens with zero attached hydrogens (tertiary/aromatic N) is 1. The maximum atomic E-state index is 12.1. The average molecular weight is 255 g/mol. The highest BCUT2D eigenvalue weighted by Crippen LogP contribution is 2.13. The largest absolute Gasteiger partial charge is 0.370 e. The number of anilines is 2. The Morgan fingerprint density at radius 1 is 1.21 bits per heavy atom. The van der Waals surface area contributed by atoms with Crippen LogP contribution in [0.5, 0.6) is 0 Å². The van der Waals surface area contributed by atoms with Crippen molar-refractivity contribution >= 4 is 17.4 Å². The lowest BCUT2D eigenvalue weighted by Gasteiger charge is -2.08. The average Bonchev–Trinajstić information content (AvgIpc) is 2.42. The smallest absolute Gasteiger partial charge is 0.255 e. The highest BCUT2D eigenvalue weighted by molar-refractivity contribution is 6.05. The predicted molar refractivity (Wildman–Crippen MR) is 77.5 cm³/mol. The molecule has 2 aromatic rings. The summed E-state index contributed by atoms with van der Waals surface area (Å²) in [5.41, 5.74) is 2.32. The molecule has 4 nitrogen and oxygen atoms in total. The van der Waals surface area contributed by atoms with E-state index in [9.17, 15) is 4.79 Å². The summed E-state index contributed by atoms with van der Waals surface area (Å²) in [4.78, 5) is 16.3. The van der Waals surface area contributed by atoms with Gasteiger partial charge >= 0.3 is 0 Å². The fourth-order valence-electron chi connectivity index (χ4n) is 1.78. The summed E-state index contributed by atoms with van der Waals surface area (Å²) in [6, 6.07) is 11.2. The van der Waals surface area contributed by atoms with E-state index < -0.39 is 0 Å². The molecule has 2 rings (SSSR count). The topological polar surface area (TPSA) is 54.0 Å². The minimum absolute atomic E-state index is 0.115. The Hall–Kier alpha value is -2.36. The van der Waals surface area contributed by atoms with Gasteiger partial charge in [-0.2, -0.15) is 0 Å². The molecule has 1 heterocycles. The Morgan fingerprint density at radius 3 is 2.63 bits per heavy atom. The second kappa shape index (κ2) is 6.00. The van der Waals surface area contributed by atoms with Crippen LogP contribution in [0, 0.1) is 6.92 Å². The van der Waals surface area contributed by atoms with Crippen LogP contribution in [0.4, 0.5) is 11.5 Å². The maximum Gasteiger partial charge on any atom is 0.255 e. The van der Waals surface area contributed by atoms with Crippen LogP contribution in [0.25, 0.3) is 0 Å². The van der Waals surface area contributed by atoms with Crippen LogP contribution in [0.2, 0.25) is 0 Å². The molecular formula is C15H17N3O. The van der Waals surface area contributed by atoms with Gasteiger partial charge in [0.2, 0.25) is 0 Å². The molecule has 0 spiro atoms. The van der Waals surface area contributed by atoms with Gasteiger partial charge in [0.1, 0.15) is 5.82 Å². The molecule has 0 radical (unpaired) electrons. The standard InChI is InChI=1S/C15H17N3O/c1-3-16-14-9-8-12(10-17-14)18-15(19)13-7-5-4-6-11(13)2/h4-10H,3H2,1-2H3,(H,16,17)(H,18,19). The van der Waals surface area contributed by atoms with Crippen molar-refractivity contribution in [3.8, 4) is 0 Å². The van der Waals surface area contributed by atoms with Crippen LogP contribution in [-0.2, 0) is 0 Å². The third-order valence-corrected chi connectivity index (χ3v) is 2.77. The number of hydrogen-bond donors (Lipinski definition) is 2. The Labute approximate surface area is 112 Å². The summed E-state index contributed by atoms with van der Waals surface area (Å²) >= 11 is 0. The number of amides is 1. The van der Waals surface area contributed by atoms with E-state index >= 15 is 0 Å². The molecule has 0 fully saturated rings. The van der Waals surface area contributed by atoms with E-state index in [2.05, 4.69) is 15.6 Å². The molecule has 0 bridgehead atoms. The molecule has 1 aromatic carbocycles. The van der Waals surface area contributed by atoms with Crippen LogP contribution in [0.1, 0.15) is 22.8 Å². The fraction of sp³-hybridized carbons (Fsp3) is 0.200. The number of carbonyl (C=O) groups excluding carboxylic acids is 1. The van der Waals surface area contributed by atoms with Gasteiger partial charge in [0.25, 0.3) is 5.91 Å². The third-order valence-electron chi connectivity index (χ3n) is 2.77. The Bertz CT molecular complexity index is 564. The van der Waals surface area contributed by atoms with E-state index in [4.69, 9.17) is 0 Å². The minimum atomic E-state index is -0.115. The zero-order chi connectivity index (χ0) is 13.7. The Kier molecular flexibility index (Phi) is 4.13. The molecule has 19 heavy (non-hydrogen) atoms. The summed E-state index contributed by atoms with van der Waals surface area (Å²) in [6.07, 6.45) is 1.65. The molecule has 4 heteroatoms. The zero-order valence-electron chi connectivity index (χ0n) is 11.1. The quantitative estimate of drug-likeness (QED) is 0.882. The normalized spacial score (nSPS) is 10.0. The predicted octanol–water partition coefficient (Wildman–Crippen LogP) is 3.07. The van der Waals surface area contributed by atoms with Crippen LogP contribution in [-0.4, -0.2) is 17.4 Å². The second-order valence-corrected chi connectivity index (χ2v) is 4.23. The molecule has 98 valence electrons. The first-order chi connectivity index (χ1) is 9.20. The van der Waals surface area contributed by atoms with Crippen LogP contribution in [0.3, 0.4) is 0 Å². The van der Waals surface area contributed by atoms with E-state index in [1.54, 1.807) is 6.20 Å². The van der Waals surface area contributed by atoms with Gasteiger partial charge in [-0.1, -0.05) is 18.2 Å². The summed E-state index contributed by atoms with van der Waals surface area (Å²) in [7, 11) is 0. The highest BCUT2D eigenvalue weighted by Gasteiger charge is 2.08. The lowest BCUT2D eigenvalue weighted by Crippen LogP contribution is -2.13. The van der Waals surface area contributed by atoms with Gasteiger partial charge in [-0.25, -0.2) is 4.98 Å². The summed E-state index contributed by atoms with van der Waals surface area (Å²) in [5.74, 6) is 0.687. The number of rotatable bonds is 4. The minimum Gasteiger partial charge on any atom is -0.370 e. The van der Waals surface area contributed by atoms with E-state index in [0.29, 0.717) is 11.3 Å². The van der Waals surface area contributed by atoms with E-state index in [1.807, 2.05) is 50.2 Å². The van der Waals surface area contributed by atoms with Gasteiger partial charge in [-0.05, 0) is 37.6 Å². The molecule has 1 amide bonds. The number of carbonyl (C=O) groups is 1. The molecule has 0 saturated carbocycles. The lowest BCUT2D eigenvalue weighted by molar-refractivity contribution is 0.102. The first kappa shape index (κ1) is 13.1. The monoisotopic (exact) mass is 255 g/mol. The summed E-state index contributed by atoms with van der Waals surface area (Å²) < 4.78 is 0. The van der Waals surface area contributed by atoms with E-state index in [-0.39, 0.29) is 5.91 Å². The summed E-state index contributed by atoms with van der Waals surface area (Å²) in [5, 5.41) is 5.94. The fourth-order valence-corrected chi connectivity index (χ4v) is 1.78. The van der Waals surface area contributed by atoms with Gasteiger partial charge in [0.05, 0.1) is 11.9 Å². The molecule has 0 aliphatic heterocycles. The second-order valence-electron chi connectivity index (χ2n) is 4.23. The number of aryl methyl sites for hydroxylation is 1. The molecular weight excluding hydrogens is 238 g/mol. The van der Waals surface area contributed by atoms with Crippen molar-refractivity contribution in [1.82, 2.24) is 4.98 Å². The van der Waals surface area contributed by atoms with Gasteiger partial charge < -0.3 is 10.6 Å². The van der Waals surface area contributed by atoms with Gasteiger partial charge in [-0.15, -0.1) is 0 Å². The highest BCUT2D eigenvalue weighted by atomic mass is 16.1. The maximum absolute atomic E-state index is 12.1. The lowest BCUT2D eigenvalue weighted by atomic mass is 10.1. The molecule has 1 aromatic heterocycles. The summed E-state index contributed by atoms with van der Waals surface area (Å²) in [6.45, 7) is 4.75. The third kappa shape index (κ3) is 3.31. The van der Waals surface area contributed by atoms with Crippen molar-refractivity contribution in [3.63, 3.8) is 0 Å². The molecule has 2 N–H and O–H groups in total. The van der Waals surface area contributed by atoms with Gasteiger partial charge in [-0.3, -0.25) is 4.79 Å². The molecule has 0 saturated heterocycles. The molecule has 0 aliphatic rings. The number of aromatic nitrogens is 1. The number of nitrogens with one attached hydrogen (secondary N) is 2. The van der Waals surface area contributed by atoms with Crippen LogP contribution in [0.15, 0.2) is 42.6 Å². The van der Waals surface area contributed by atoms with Crippen LogP contribution >= 0.6 is 0 Å². The van der Waals surface area contributed by atoms with Crippen LogP contribution < -0.4 is 10.6 Å².